The van der Waals surface area contributed by atoms with Gasteiger partial charge in [-0.25, -0.2) is 4.79 Å². The molecule has 0 aliphatic heterocycles. The molecule has 3 aromatic carbocycles. The number of ketones is 1. The van der Waals surface area contributed by atoms with Crippen LogP contribution in [-0.4, -0.2) is 47.1 Å². The minimum absolute atomic E-state index is 0. The Morgan fingerprint density at radius 1 is 0.932 bits per heavy atom. The molecule has 232 valence electrons. The van der Waals surface area contributed by atoms with Crippen LogP contribution in [0, 0.1) is 0 Å². The maximum atomic E-state index is 13.2. The van der Waals surface area contributed by atoms with E-state index in [0.717, 1.165) is 16.7 Å². The fourth-order valence-corrected chi connectivity index (χ4v) is 4.53. The van der Waals surface area contributed by atoms with Crippen LogP contribution in [0.3, 0.4) is 0 Å². The van der Waals surface area contributed by atoms with Gasteiger partial charge in [-0.1, -0.05) is 71.4 Å². The first-order chi connectivity index (χ1) is 20.9. The van der Waals surface area contributed by atoms with Crippen molar-refractivity contribution in [1.82, 2.24) is 20.8 Å². The summed E-state index contributed by atoms with van der Waals surface area (Å²) in [5.74, 6) is -0.565. The van der Waals surface area contributed by atoms with Crippen molar-refractivity contribution in [2.45, 2.75) is 44.8 Å². The molecule has 1 heterocycles. The van der Waals surface area contributed by atoms with Crippen LogP contribution in [0.15, 0.2) is 83.4 Å². The summed E-state index contributed by atoms with van der Waals surface area (Å²) in [6.45, 7) is 1.02. The standard InChI is InChI=1S/C32H34ClN5O5.ClH/c33-26-10-6-9-22(19-26)16-18-35-31(40)25-14-12-23(13-15-25)20-28-37-30(38-43-28)29(39)27(11-4-5-17-34)36-32(41)42-21-24-7-2-1-3-8-24;/h1-3,6-10,12-15,19,27H,4-5,11,16-18,20-21,34H2,(H,35,40)(H,36,41);1H. The van der Waals surface area contributed by atoms with E-state index in [0.29, 0.717) is 49.4 Å². The van der Waals surface area contributed by atoms with E-state index in [1.807, 2.05) is 54.6 Å². The van der Waals surface area contributed by atoms with Crippen LogP contribution in [0.1, 0.15) is 62.8 Å². The summed E-state index contributed by atoms with van der Waals surface area (Å²) < 4.78 is 10.6. The van der Waals surface area contributed by atoms with E-state index in [1.54, 1.807) is 24.3 Å². The molecule has 10 nitrogen and oxygen atoms in total. The normalized spacial score (nSPS) is 11.2. The molecular weight excluding hydrogens is 605 g/mol. The van der Waals surface area contributed by atoms with E-state index in [2.05, 4.69) is 20.8 Å². The average molecular weight is 641 g/mol. The van der Waals surface area contributed by atoms with Gasteiger partial charge in [0, 0.05) is 17.1 Å². The third-order valence-electron chi connectivity index (χ3n) is 6.62. The van der Waals surface area contributed by atoms with Crippen LogP contribution in [0.5, 0.6) is 0 Å². The van der Waals surface area contributed by atoms with Crippen LogP contribution in [0.4, 0.5) is 4.79 Å². The van der Waals surface area contributed by atoms with Crippen LogP contribution in [0.2, 0.25) is 5.02 Å². The molecule has 0 aliphatic carbocycles. The van der Waals surface area contributed by atoms with Crippen LogP contribution < -0.4 is 16.4 Å². The lowest BCUT2D eigenvalue weighted by molar-refractivity contribution is 0.0896. The quantitative estimate of drug-likeness (QED) is 0.117. The van der Waals surface area contributed by atoms with E-state index < -0.39 is 17.9 Å². The number of nitrogens with one attached hydrogen (secondary N) is 2. The van der Waals surface area contributed by atoms with Crippen molar-refractivity contribution < 1.29 is 23.6 Å². The van der Waals surface area contributed by atoms with Crippen molar-refractivity contribution in [1.29, 1.82) is 0 Å². The van der Waals surface area contributed by atoms with Crippen molar-refractivity contribution in [3.63, 3.8) is 0 Å². The molecule has 4 aromatic rings. The van der Waals surface area contributed by atoms with Gasteiger partial charge in [-0.2, -0.15) is 4.98 Å². The van der Waals surface area contributed by atoms with E-state index in [1.165, 1.54) is 0 Å². The second kappa shape index (κ2) is 17.8. The maximum absolute atomic E-state index is 13.2. The molecule has 0 saturated carbocycles. The molecule has 0 fully saturated rings. The molecule has 1 unspecified atom stereocenters. The number of hydrogen-bond acceptors (Lipinski definition) is 8. The largest absolute Gasteiger partial charge is 0.445 e. The van der Waals surface area contributed by atoms with Crippen LogP contribution in [-0.2, 0) is 24.2 Å². The number of alkyl carbamates (subject to hydrolysis) is 1. The summed E-state index contributed by atoms with van der Waals surface area (Å²) in [6, 6.07) is 22.9. The third-order valence-corrected chi connectivity index (χ3v) is 6.85. The van der Waals surface area contributed by atoms with Crippen molar-refractivity contribution in [3.8, 4) is 0 Å². The molecule has 0 aliphatic rings. The van der Waals surface area contributed by atoms with Crippen molar-refractivity contribution in [2.75, 3.05) is 13.1 Å². The van der Waals surface area contributed by atoms with Gasteiger partial charge in [0.15, 0.2) is 0 Å². The fourth-order valence-electron chi connectivity index (χ4n) is 4.31. The van der Waals surface area contributed by atoms with Gasteiger partial charge >= 0.3 is 6.09 Å². The molecular formula is C32H35Cl2N5O5. The second-order valence-electron chi connectivity index (χ2n) is 9.93. The van der Waals surface area contributed by atoms with Crippen molar-refractivity contribution in [3.05, 3.63) is 118 Å². The highest BCUT2D eigenvalue weighted by Gasteiger charge is 2.27. The summed E-state index contributed by atoms with van der Waals surface area (Å²) in [6.07, 6.45) is 1.88. The molecule has 0 saturated heterocycles. The zero-order valence-corrected chi connectivity index (χ0v) is 25.6. The van der Waals surface area contributed by atoms with Gasteiger partial charge in [0.2, 0.25) is 17.5 Å². The summed E-state index contributed by atoms with van der Waals surface area (Å²) >= 11 is 6.01. The summed E-state index contributed by atoms with van der Waals surface area (Å²) in [5, 5.41) is 10.0. The Balaban J connectivity index is 0.00000529. The number of hydrogen-bond donors (Lipinski definition) is 3. The Morgan fingerprint density at radius 2 is 1.68 bits per heavy atom. The Morgan fingerprint density at radius 3 is 2.41 bits per heavy atom. The smallest absolute Gasteiger partial charge is 0.408 e. The predicted molar refractivity (Wildman–Crippen MR) is 169 cm³/mol. The van der Waals surface area contributed by atoms with Gasteiger partial charge in [0.05, 0.1) is 12.5 Å². The average Bonchev–Trinajstić information content (AvgIpc) is 3.48. The number of aromatic nitrogens is 2. The van der Waals surface area contributed by atoms with Crippen molar-refractivity contribution >= 4 is 41.8 Å². The molecule has 1 atom stereocenters. The number of nitrogens with zero attached hydrogens (tertiary/aromatic N) is 2. The molecule has 0 radical (unpaired) electrons. The first kappa shape index (κ1) is 34.2. The number of carbonyl (C=O) groups excluding carboxylic acids is 3. The molecule has 12 heteroatoms. The lowest BCUT2D eigenvalue weighted by Crippen LogP contribution is -2.41. The predicted octanol–water partition coefficient (Wildman–Crippen LogP) is 5.31. The van der Waals surface area contributed by atoms with Crippen molar-refractivity contribution in [2.24, 2.45) is 5.73 Å². The number of nitrogens with two attached hydrogens (primary N) is 1. The van der Waals surface area contributed by atoms with E-state index in [9.17, 15) is 14.4 Å². The fraction of sp³-hybridized carbons (Fsp3) is 0.281. The van der Waals surface area contributed by atoms with E-state index in [-0.39, 0.29) is 43.1 Å². The zero-order chi connectivity index (χ0) is 30.4. The Labute approximate surface area is 267 Å². The number of carbonyl (C=O) groups is 3. The molecule has 1 aromatic heterocycles. The molecule has 0 spiro atoms. The molecule has 4 N–H and O–H groups in total. The monoisotopic (exact) mass is 639 g/mol. The van der Waals surface area contributed by atoms with Crippen LogP contribution >= 0.6 is 24.0 Å². The van der Waals surface area contributed by atoms with Gasteiger partial charge < -0.3 is 25.6 Å². The highest BCUT2D eigenvalue weighted by molar-refractivity contribution is 6.30. The topological polar surface area (TPSA) is 149 Å². The molecule has 0 bridgehead atoms. The lowest BCUT2D eigenvalue weighted by atomic mass is 10.0. The number of unbranched alkanes of at least 4 members (excludes halogenated alkanes) is 1. The molecule has 44 heavy (non-hydrogen) atoms. The first-order valence-corrected chi connectivity index (χ1v) is 14.4. The Hall–Kier alpha value is -4.25. The minimum Gasteiger partial charge on any atom is -0.445 e. The number of benzene rings is 3. The number of halogens is 2. The summed E-state index contributed by atoms with van der Waals surface area (Å²) in [7, 11) is 0. The molecule has 2 amide bonds. The zero-order valence-electron chi connectivity index (χ0n) is 24.0. The van der Waals surface area contributed by atoms with E-state index in [4.69, 9.17) is 26.6 Å². The lowest BCUT2D eigenvalue weighted by Gasteiger charge is -2.16. The van der Waals surface area contributed by atoms with Gasteiger partial charge in [0.1, 0.15) is 6.61 Å². The Kier molecular flexibility index (Phi) is 13.8. The number of Topliss-reactive ketones (excluding diaryl/α,β-unsaturated/α-hetero) is 1. The number of ether oxygens (including phenoxy) is 1. The Bertz CT molecular complexity index is 1500. The minimum atomic E-state index is -0.892. The summed E-state index contributed by atoms with van der Waals surface area (Å²) in [4.78, 5) is 42.4. The number of amides is 2. The number of rotatable bonds is 15. The SMILES string of the molecule is Cl.NCCCCC(NC(=O)OCc1ccccc1)C(=O)c1noc(Cc2ccc(C(=O)NCCc3cccc(Cl)c3)cc2)n1. The van der Waals surface area contributed by atoms with Gasteiger partial charge in [-0.15, -0.1) is 12.4 Å². The second-order valence-corrected chi connectivity index (χ2v) is 10.4. The highest BCUT2D eigenvalue weighted by atomic mass is 35.5. The highest BCUT2D eigenvalue weighted by Crippen LogP contribution is 2.14. The summed E-state index contributed by atoms with van der Waals surface area (Å²) in [5.41, 5.74) is 8.81. The van der Waals surface area contributed by atoms with E-state index >= 15 is 0 Å². The van der Waals surface area contributed by atoms with Gasteiger partial charge in [-0.3, -0.25) is 9.59 Å². The third kappa shape index (κ3) is 10.8. The van der Waals surface area contributed by atoms with Gasteiger partial charge in [-0.05, 0) is 73.2 Å². The van der Waals surface area contributed by atoms with Crippen LogP contribution in [0.25, 0.3) is 0 Å². The first-order valence-electron chi connectivity index (χ1n) is 14.1. The van der Waals surface area contributed by atoms with Gasteiger partial charge in [0.25, 0.3) is 5.91 Å². The maximum Gasteiger partial charge on any atom is 0.408 e. The molecule has 4 rings (SSSR count).